The van der Waals surface area contributed by atoms with Gasteiger partial charge in [-0.1, -0.05) is 0 Å². The Kier molecular flexibility index (Phi) is 4.92. The summed E-state index contributed by atoms with van der Waals surface area (Å²) in [6, 6.07) is 3.59. The van der Waals surface area contributed by atoms with Crippen molar-refractivity contribution in [3.63, 3.8) is 0 Å². The van der Waals surface area contributed by atoms with E-state index in [1.54, 1.807) is 0 Å². The van der Waals surface area contributed by atoms with Gasteiger partial charge in [0.1, 0.15) is 10.7 Å². The number of carbonyl (C=O) groups is 1. The predicted octanol–water partition coefficient (Wildman–Crippen LogP) is 0.768. The number of nitrogens with one attached hydrogen (secondary N) is 2. The van der Waals surface area contributed by atoms with E-state index >= 15 is 0 Å². The molecule has 0 spiro atoms. The van der Waals surface area contributed by atoms with Gasteiger partial charge in [-0.05, 0) is 31.2 Å². The van der Waals surface area contributed by atoms with Crippen LogP contribution >= 0.6 is 0 Å². The van der Waals surface area contributed by atoms with Crippen molar-refractivity contribution >= 4 is 21.6 Å². The molecule has 116 valence electrons. The zero-order valence-electron chi connectivity index (χ0n) is 11.7. The maximum atomic E-state index is 14.1. The lowest BCUT2D eigenvalue weighted by molar-refractivity contribution is -0.114. The van der Waals surface area contributed by atoms with Crippen LogP contribution in [-0.4, -0.2) is 44.8 Å². The third kappa shape index (κ3) is 3.78. The van der Waals surface area contributed by atoms with Crippen LogP contribution in [-0.2, 0) is 14.8 Å². The monoisotopic (exact) mass is 315 g/mol. The van der Waals surface area contributed by atoms with Gasteiger partial charge in [-0.25, -0.2) is 12.8 Å². The third-order valence-electron chi connectivity index (χ3n) is 3.17. The summed E-state index contributed by atoms with van der Waals surface area (Å²) in [5.74, 6) is -1.21. The molecule has 21 heavy (non-hydrogen) atoms. The van der Waals surface area contributed by atoms with Gasteiger partial charge in [-0.15, -0.1) is 0 Å². The third-order valence-corrected chi connectivity index (χ3v) is 5.10. The van der Waals surface area contributed by atoms with E-state index in [9.17, 15) is 17.6 Å². The lowest BCUT2D eigenvalue weighted by Crippen LogP contribution is -2.34. The molecular formula is C13H18FN3O3S. The number of carbonyl (C=O) groups excluding carboxylic acids is 1. The molecular weight excluding hydrogens is 297 g/mol. The van der Waals surface area contributed by atoms with E-state index < -0.39 is 15.8 Å². The molecule has 1 heterocycles. The highest BCUT2D eigenvalue weighted by atomic mass is 32.2. The van der Waals surface area contributed by atoms with Crippen molar-refractivity contribution in [1.82, 2.24) is 9.62 Å². The predicted molar refractivity (Wildman–Crippen MR) is 76.9 cm³/mol. The number of rotatable bonds is 3. The summed E-state index contributed by atoms with van der Waals surface area (Å²) in [7, 11) is -3.86. The smallest absolute Gasteiger partial charge is 0.246 e. The molecule has 6 nitrogen and oxygen atoms in total. The lowest BCUT2D eigenvalue weighted by atomic mass is 10.3. The summed E-state index contributed by atoms with van der Waals surface area (Å²) >= 11 is 0. The number of hydrogen-bond donors (Lipinski definition) is 2. The van der Waals surface area contributed by atoms with Crippen LogP contribution in [0.2, 0.25) is 0 Å². The molecule has 8 heteroatoms. The van der Waals surface area contributed by atoms with Crippen molar-refractivity contribution in [3.05, 3.63) is 24.0 Å². The molecule has 0 bridgehead atoms. The number of sulfonamides is 1. The van der Waals surface area contributed by atoms with Gasteiger partial charge in [0.05, 0.1) is 0 Å². The molecule has 2 rings (SSSR count). The Balaban J connectivity index is 2.29. The largest absolute Gasteiger partial charge is 0.326 e. The minimum absolute atomic E-state index is 0.233. The second-order valence-electron chi connectivity index (χ2n) is 4.83. The van der Waals surface area contributed by atoms with Crippen molar-refractivity contribution in [2.75, 3.05) is 31.5 Å². The number of anilines is 1. The van der Waals surface area contributed by atoms with Crippen molar-refractivity contribution < 1.29 is 17.6 Å². The molecule has 2 N–H and O–H groups in total. The van der Waals surface area contributed by atoms with Crippen molar-refractivity contribution in [2.24, 2.45) is 0 Å². The Morgan fingerprint density at radius 3 is 2.76 bits per heavy atom. The first-order valence-electron chi connectivity index (χ1n) is 6.69. The van der Waals surface area contributed by atoms with E-state index in [1.807, 2.05) is 0 Å². The highest BCUT2D eigenvalue weighted by Crippen LogP contribution is 2.23. The normalized spacial score (nSPS) is 17.2. The highest BCUT2D eigenvalue weighted by molar-refractivity contribution is 7.89. The fourth-order valence-corrected chi connectivity index (χ4v) is 3.72. The Hall–Kier alpha value is -1.51. The molecule has 0 aliphatic carbocycles. The van der Waals surface area contributed by atoms with E-state index in [4.69, 9.17) is 0 Å². The zero-order valence-corrected chi connectivity index (χ0v) is 12.5. The first-order valence-corrected chi connectivity index (χ1v) is 8.13. The lowest BCUT2D eigenvalue weighted by Gasteiger charge is -2.20. The quantitative estimate of drug-likeness (QED) is 0.863. The Labute approximate surface area is 123 Å². The van der Waals surface area contributed by atoms with Crippen LogP contribution in [0.4, 0.5) is 10.1 Å². The standard InChI is InChI=1S/C13H18FN3O3S/c1-10(18)16-11-3-4-13(12(14)9-11)21(19,20)17-7-2-5-15-6-8-17/h3-4,9,15H,2,5-8H2,1H3,(H,16,18). The van der Waals surface area contributed by atoms with Crippen LogP contribution in [0.3, 0.4) is 0 Å². The zero-order chi connectivity index (χ0) is 15.5. The first-order chi connectivity index (χ1) is 9.91. The van der Waals surface area contributed by atoms with E-state index in [0.717, 1.165) is 12.6 Å². The summed E-state index contributed by atoms with van der Waals surface area (Å²) in [4.78, 5) is 10.6. The minimum Gasteiger partial charge on any atom is -0.326 e. The molecule has 1 saturated heterocycles. The van der Waals surface area contributed by atoms with Gasteiger partial charge >= 0.3 is 0 Å². The van der Waals surface area contributed by atoms with E-state index in [0.29, 0.717) is 26.1 Å². The summed E-state index contributed by atoms with van der Waals surface area (Å²) in [5, 5.41) is 5.52. The molecule has 0 radical (unpaired) electrons. The Morgan fingerprint density at radius 2 is 2.10 bits per heavy atom. The molecule has 1 amide bonds. The molecule has 0 aromatic heterocycles. The van der Waals surface area contributed by atoms with Gasteiger partial charge in [-0.3, -0.25) is 4.79 Å². The van der Waals surface area contributed by atoms with Crippen LogP contribution in [0.1, 0.15) is 13.3 Å². The summed E-state index contributed by atoms with van der Waals surface area (Å²) in [6.45, 7) is 3.27. The fraction of sp³-hybridized carbons (Fsp3) is 0.462. The Bertz CT molecular complexity index is 626. The molecule has 1 aromatic rings. The topological polar surface area (TPSA) is 78.5 Å². The molecule has 1 fully saturated rings. The molecule has 1 aliphatic rings. The molecule has 0 saturated carbocycles. The second-order valence-corrected chi connectivity index (χ2v) is 6.74. The van der Waals surface area contributed by atoms with Gasteiger partial charge in [-0.2, -0.15) is 4.31 Å². The van der Waals surface area contributed by atoms with Gasteiger partial charge in [0, 0.05) is 32.2 Å². The van der Waals surface area contributed by atoms with Gasteiger partial charge in [0.2, 0.25) is 15.9 Å². The average Bonchev–Trinajstić information content (AvgIpc) is 2.66. The summed E-state index contributed by atoms with van der Waals surface area (Å²) in [5.41, 5.74) is 0.233. The number of benzene rings is 1. The fourth-order valence-electron chi connectivity index (χ4n) is 2.19. The van der Waals surface area contributed by atoms with Gasteiger partial charge in [0.25, 0.3) is 0 Å². The minimum atomic E-state index is -3.86. The summed E-state index contributed by atoms with van der Waals surface area (Å²) < 4.78 is 40.3. The van der Waals surface area contributed by atoms with Crippen LogP contribution in [0.15, 0.2) is 23.1 Å². The average molecular weight is 315 g/mol. The van der Waals surface area contributed by atoms with E-state index in [-0.39, 0.29) is 16.5 Å². The Morgan fingerprint density at radius 1 is 1.33 bits per heavy atom. The molecule has 0 unspecified atom stereocenters. The molecule has 1 aliphatic heterocycles. The summed E-state index contributed by atoms with van der Waals surface area (Å²) in [6.07, 6.45) is 0.685. The van der Waals surface area contributed by atoms with E-state index in [1.165, 1.54) is 23.4 Å². The van der Waals surface area contributed by atoms with Crippen LogP contribution < -0.4 is 10.6 Å². The number of halogens is 1. The first kappa shape index (κ1) is 15.9. The SMILES string of the molecule is CC(=O)Nc1ccc(S(=O)(=O)N2CCCNCC2)c(F)c1. The van der Waals surface area contributed by atoms with Crippen LogP contribution in [0.25, 0.3) is 0 Å². The molecule has 0 atom stereocenters. The van der Waals surface area contributed by atoms with Crippen LogP contribution in [0.5, 0.6) is 0 Å². The van der Waals surface area contributed by atoms with Gasteiger partial charge < -0.3 is 10.6 Å². The van der Waals surface area contributed by atoms with Crippen molar-refractivity contribution in [3.8, 4) is 0 Å². The molecule has 1 aromatic carbocycles. The maximum absolute atomic E-state index is 14.1. The van der Waals surface area contributed by atoms with Crippen LogP contribution in [0, 0.1) is 5.82 Å². The van der Waals surface area contributed by atoms with Crippen molar-refractivity contribution in [1.29, 1.82) is 0 Å². The van der Waals surface area contributed by atoms with E-state index in [2.05, 4.69) is 10.6 Å². The number of nitrogens with zero attached hydrogens (tertiary/aromatic N) is 1. The number of amides is 1. The van der Waals surface area contributed by atoms with Gasteiger partial charge in [0.15, 0.2) is 0 Å². The maximum Gasteiger partial charge on any atom is 0.246 e. The van der Waals surface area contributed by atoms with Crippen molar-refractivity contribution in [2.45, 2.75) is 18.2 Å². The highest BCUT2D eigenvalue weighted by Gasteiger charge is 2.27. The second kappa shape index (κ2) is 6.50. The number of hydrogen-bond acceptors (Lipinski definition) is 4.